The van der Waals surface area contributed by atoms with Gasteiger partial charge < -0.3 is 10.5 Å². The molecule has 5 aromatic rings. The quantitative estimate of drug-likeness (QED) is 0.362. The molecule has 1 aliphatic heterocycles. The van der Waals surface area contributed by atoms with E-state index in [1.165, 1.54) is 5.56 Å². The van der Waals surface area contributed by atoms with Crippen molar-refractivity contribution in [3.05, 3.63) is 77.6 Å². The van der Waals surface area contributed by atoms with Crippen LogP contribution in [0.4, 0.5) is 5.69 Å². The van der Waals surface area contributed by atoms with Gasteiger partial charge in [-0.3, -0.25) is 0 Å². The molecule has 0 radical (unpaired) electrons. The van der Waals surface area contributed by atoms with Crippen molar-refractivity contribution in [3.63, 3.8) is 0 Å². The number of nitrogen functional groups attached to an aromatic ring is 1. The number of aromatic nitrogens is 5. The van der Waals surface area contributed by atoms with Crippen LogP contribution in [0.1, 0.15) is 30.8 Å². The number of nitrogens with two attached hydrogens (primary N) is 1. The lowest BCUT2D eigenvalue weighted by Crippen LogP contribution is -2.02. The van der Waals surface area contributed by atoms with E-state index >= 15 is 0 Å². The van der Waals surface area contributed by atoms with Gasteiger partial charge in [-0.1, -0.05) is 13.8 Å². The normalized spacial score (nSPS) is 12.6. The van der Waals surface area contributed by atoms with Crippen molar-refractivity contribution in [2.75, 3.05) is 12.3 Å². The number of hydrogen-bond acceptors (Lipinski definition) is 6. The Balaban J connectivity index is 1.53. The van der Waals surface area contributed by atoms with Crippen LogP contribution in [0.25, 0.3) is 39.5 Å². The Morgan fingerprint density at radius 3 is 2.34 bits per heavy atom. The molecule has 3 aromatic carbocycles. The topological polar surface area (TPSA) is 91.7 Å². The summed E-state index contributed by atoms with van der Waals surface area (Å²) in [4.78, 5) is 14.7. The third-order valence-electron chi connectivity index (χ3n) is 6.44. The Morgan fingerprint density at radius 1 is 0.829 bits per heavy atom. The number of nitrogens with zero attached hydrogens (tertiary/aromatic N) is 5. The van der Waals surface area contributed by atoms with Crippen LogP contribution < -0.4 is 10.5 Å². The van der Waals surface area contributed by atoms with Crippen molar-refractivity contribution in [2.24, 2.45) is 0 Å². The van der Waals surface area contributed by atoms with Crippen LogP contribution in [0, 0.1) is 0 Å². The molecule has 0 spiro atoms. The molecule has 0 saturated heterocycles. The van der Waals surface area contributed by atoms with Crippen molar-refractivity contribution in [3.8, 4) is 34.2 Å². The molecular weight excluding hydrogens is 436 g/mol. The number of anilines is 1. The molecule has 1 aliphatic rings. The standard InChI is InChI=1S/C28H26N6O/c1-3-22-23(4-2)31-25-16-19(7-11-24(25)30-22)28-32-27(17-5-8-20(29)9-6-17)33-34(28)21-10-12-26-18(15-21)13-14-35-26/h5-12,15-16H,3-4,13-14,29H2,1-2H3. The van der Waals surface area contributed by atoms with E-state index in [-0.39, 0.29) is 0 Å². The first-order chi connectivity index (χ1) is 17.1. The molecule has 0 amide bonds. The van der Waals surface area contributed by atoms with Gasteiger partial charge in [0.1, 0.15) is 5.75 Å². The molecule has 0 atom stereocenters. The Morgan fingerprint density at radius 2 is 1.57 bits per heavy atom. The summed E-state index contributed by atoms with van der Waals surface area (Å²) in [5.41, 5.74) is 14.4. The first-order valence-corrected chi connectivity index (χ1v) is 12.0. The highest BCUT2D eigenvalue weighted by atomic mass is 16.5. The van der Waals surface area contributed by atoms with Gasteiger partial charge in [-0.05, 0) is 79.1 Å². The lowest BCUT2D eigenvalue weighted by atomic mass is 10.1. The number of hydrogen-bond donors (Lipinski definition) is 1. The average molecular weight is 463 g/mol. The Hall–Kier alpha value is -4.26. The van der Waals surface area contributed by atoms with Crippen molar-refractivity contribution < 1.29 is 4.74 Å². The van der Waals surface area contributed by atoms with Crippen molar-refractivity contribution >= 4 is 16.7 Å². The largest absolute Gasteiger partial charge is 0.493 e. The molecule has 7 heteroatoms. The lowest BCUT2D eigenvalue weighted by Gasteiger charge is -2.10. The van der Waals surface area contributed by atoms with Crippen LogP contribution >= 0.6 is 0 Å². The van der Waals surface area contributed by atoms with Crippen molar-refractivity contribution in [1.82, 2.24) is 24.7 Å². The summed E-state index contributed by atoms with van der Waals surface area (Å²) in [7, 11) is 0. The second-order valence-electron chi connectivity index (χ2n) is 8.71. The number of ether oxygens (including phenoxy) is 1. The van der Waals surface area contributed by atoms with E-state index in [2.05, 4.69) is 26.0 Å². The molecular formula is C28H26N6O. The van der Waals surface area contributed by atoms with E-state index in [0.717, 1.165) is 70.1 Å². The molecule has 0 fully saturated rings. The molecule has 2 aromatic heterocycles. The van der Waals surface area contributed by atoms with Crippen LogP contribution in [0.15, 0.2) is 60.7 Å². The highest BCUT2D eigenvalue weighted by Gasteiger charge is 2.19. The van der Waals surface area contributed by atoms with Crippen LogP contribution in [-0.4, -0.2) is 31.3 Å². The molecule has 0 unspecified atom stereocenters. The highest BCUT2D eigenvalue weighted by Crippen LogP contribution is 2.31. The Kier molecular flexibility index (Phi) is 5.17. The smallest absolute Gasteiger partial charge is 0.182 e. The maximum atomic E-state index is 5.90. The van der Waals surface area contributed by atoms with E-state index in [4.69, 9.17) is 30.5 Å². The number of aryl methyl sites for hydroxylation is 2. The number of rotatable bonds is 5. The van der Waals surface area contributed by atoms with E-state index in [1.807, 2.05) is 53.2 Å². The minimum atomic E-state index is 0.638. The second kappa shape index (κ2) is 8.51. The Labute approximate surface area is 203 Å². The van der Waals surface area contributed by atoms with Gasteiger partial charge in [0.25, 0.3) is 0 Å². The number of fused-ring (bicyclic) bond motifs is 2. The monoisotopic (exact) mass is 462 g/mol. The van der Waals surface area contributed by atoms with Crippen LogP contribution in [0.5, 0.6) is 5.75 Å². The van der Waals surface area contributed by atoms with E-state index < -0.39 is 0 Å². The fourth-order valence-corrected chi connectivity index (χ4v) is 4.57. The Bertz CT molecular complexity index is 1550. The zero-order valence-electron chi connectivity index (χ0n) is 19.8. The average Bonchev–Trinajstić information content (AvgIpc) is 3.55. The minimum absolute atomic E-state index is 0.638. The first kappa shape index (κ1) is 21.3. The van der Waals surface area contributed by atoms with Crippen LogP contribution in [0.3, 0.4) is 0 Å². The predicted molar refractivity (Wildman–Crippen MR) is 138 cm³/mol. The SMILES string of the molecule is CCc1nc2ccc(-c3nc(-c4ccc(N)cc4)nn3-c3ccc4c(c3)CCO4)cc2nc1CC. The maximum Gasteiger partial charge on any atom is 0.182 e. The molecule has 2 N–H and O–H groups in total. The molecule has 0 aliphatic carbocycles. The molecule has 7 nitrogen and oxygen atoms in total. The summed E-state index contributed by atoms with van der Waals surface area (Å²) < 4.78 is 7.61. The van der Waals surface area contributed by atoms with E-state index in [9.17, 15) is 0 Å². The maximum absolute atomic E-state index is 5.90. The van der Waals surface area contributed by atoms with Gasteiger partial charge in [0.05, 0.1) is 34.7 Å². The summed E-state index contributed by atoms with van der Waals surface area (Å²) in [6, 6.07) is 19.9. The van der Waals surface area contributed by atoms with Crippen LogP contribution in [0.2, 0.25) is 0 Å². The molecule has 0 bridgehead atoms. The van der Waals surface area contributed by atoms with Crippen LogP contribution in [-0.2, 0) is 19.3 Å². The van der Waals surface area contributed by atoms with E-state index in [1.54, 1.807) is 0 Å². The molecule has 0 saturated carbocycles. The molecule has 35 heavy (non-hydrogen) atoms. The van der Waals surface area contributed by atoms with Gasteiger partial charge >= 0.3 is 0 Å². The molecule has 174 valence electrons. The third-order valence-corrected chi connectivity index (χ3v) is 6.44. The third kappa shape index (κ3) is 3.79. The molecule has 3 heterocycles. The summed E-state index contributed by atoms with van der Waals surface area (Å²) in [5.74, 6) is 2.32. The number of benzene rings is 3. The molecule has 6 rings (SSSR count). The van der Waals surface area contributed by atoms with Gasteiger partial charge in [0.15, 0.2) is 11.6 Å². The highest BCUT2D eigenvalue weighted by molar-refractivity contribution is 5.81. The van der Waals surface area contributed by atoms with Gasteiger partial charge in [-0.2, -0.15) is 0 Å². The predicted octanol–water partition coefficient (Wildman–Crippen LogP) is 5.19. The van der Waals surface area contributed by atoms with Gasteiger partial charge in [-0.25, -0.2) is 19.6 Å². The van der Waals surface area contributed by atoms with Gasteiger partial charge in [-0.15, -0.1) is 5.10 Å². The zero-order chi connectivity index (χ0) is 23.9. The lowest BCUT2D eigenvalue weighted by molar-refractivity contribution is 0.357. The minimum Gasteiger partial charge on any atom is -0.493 e. The fraction of sp³-hybridized carbons (Fsp3) is 0.214. The first-order valence-electron chi connectivity index (χ1n) is 12.0. The summed E-state index contributed by atoms with van der Waals surface area (Å²) in [6.45, 7) is 4.95. The van der Waals surface area contributed by atoms with Crippen molar-refractivity contribution in [2.45, 2.75) is 33.1 Å². The second-order valence-corrected chi connectivity index (χ2v) is 8.71. The van der Waals surface area contributed by atoms with Gasteiger partial charge in [0.2, 0.25) is 0 Å². The fourth-order valence-electron chi connectivity index (χ4n) is 4.57. The van der Waals surface area contributed by atoms with Crippen molar-refractivity contribution in [1.29, 1.82) is 0 Å². The van der Waals surface area contributed by atoms with Gasteiger partial charge in [0, 0.05) is 23.2 Å². The van der Waals surface area contributed by atoms with E-state index in [0.29, 0.717) is 18.1 Å². The summed E-state index contributed by atoms with van der Waals surface area (Å²) in [5, 5.41) is 4.91. The zero-order valence-corrected chi connectivity index (χ0v) is 19.8. The summed E-state index contributed by atoms with van der Waals surface area (Å²) >= 11 is 0. The summed E-state index contributed by atoms with van der Waals surface area (Å²) in [6.07, 6.45) is 2.61.